The van der Waals surface area contributed by atoms with Crippen molar-refractivity contribution in [2.75, 3.05) is 11.4 Å². The first kappa shape index (κ1) is 15.0. The van der Waals surface area contributed by atoms with Crippen molar-refractivity contribution in [3.63, 3.8) is 0 Å². The van der Waals surface area contributed by atoms with E-state index in [9.17, 15) is 12.8 Å². The monoisotopic (exact) mass is 315 g/mol. The fourth-order valence-electron chi connectivity index (χ4n) is 1.80. The van der Waals surface area contributed by atoms with Gasteiger partial charge in [-0.15, -0.1) is 11.3 Å². The molecule has 1 N–H and O–H groups in total. The SMILES string of the molecule is Cc1sc(CO)cc1S(=O)(=O)N(C)c1ccc(F)cc1. The zero-order valence-corrected chi connectivity index (χ0v) is 12.6. The molecule has 1 aromatic carbocycles. The minimum Gasteiger partial charge on any atom is -0.391 e. The molecule has 0 amide bonds. The molecule has 7 heteroatoms. The zero-order valence-electron chi connectivity index (χ0n) is 11.0. The van der Waals surface area contributed by atoms with Crippen LogP contribution in [0.4, 0.5) is 10.1 Å². The van der Waals surface area contributed by atoms with E-state index in [4.69, 9.17) is 5.11 Å². The molecule has 0 saturated heterocycles. The molecule has 0 fully saturated rings. The third-order valence-corrected chi connectivity index (χ3v) is 5.98. The molecule has 108 valence electrons. The summed E-state index contributed by atoms with van der Waals surface area (Å²) in [7, 11) is -2.30. The number of hydrogen-bond donors (Lipinski definition) is 1. The molecule has 0 aliphatic carbocycles. The summed E-state index contributed by atoms with van der Waals surface area (Å²) >= 11 is 1.24. The number of nitrogens with zero attached hydrogens (tertiary/aromatic N) is 1. The Balaban J connectivity index is 2.43. The maximum atomic E-state index is 12.9. The van der Waals surface area contributed by atoms with Crippen molar-refractivity contribution < 1.29 is 17.9 Å². The number of hydrogen-bond acceptors (Lipinski definition) is 4. The second kappa shape index (κ2) is 5.51. The molecule has 0 saturated carbocycles. The number of aliphatic hydroxyl groups is 1. The lowest BCUT2D eigenvalue weighted by atomic mass is 10.3. The van der Waals surface area contributed by atoms with Crippen LogP contribution in [0.5, 0.6) is 0 Å². The molecule has 0 bridgehead atoms. The average Bonchev–Trinajstić information content (AvgIpc) is 2.81. The van der Waals surface area contributed by atoms with Crippen LogP contribution in [0.1, 0.15) is 9.75 Å². The van der Waals surface area contributed by atoms with Gasteiger partial charge in [-0.2, -0.15) is 0 Å². The average molecular weight is 315 g/mol. The first-order valence-corrected chi connectivity index (χ1v) is 8.06. The number of aryl methyl sites for hydroxylation is 1. The first-order valence-electron chi connectivity index (χ1n) is 5.81. The lowest BCUT2D eigenvalue weighted by Gasteiger charge is -2.19. The Morgan fingerprint density at radius 1 is 1.30 bits per heavy atom. The highest BCUT2D eigenvalue weighted by molar-refractivity contribution is 7.93. The summed E-state index contributed by atoms with van der Waals surface area (Å²) < 4.78 is 39.0. The first-order chi connectivity index (χ1) is 9.36. The highest BCUT2D eigenvalue weighted by Gasteiger charge is 2.25. The quantitative estimate of drug-likeness (QED) is 0.943. The normalized spacial score (nSPS) is 11.6. The van der Waals surface area contributed by atoms with Crippen molar-refractivity contribution in [1.82, 2.24) is 0 Å². The Morgan fingerprint density at radius 2 is 1.90 bits per heavy atom. The topological polar surface area (TPSA) is 57.6 Å². The van der Waals surface area contributed by atoms with E-state index in [1.807, 2.05) is 0 Å². The van der Waals surface area contributed by atoms with Gasteiger partial charge in [-0.1, -0.05) is 0 Å². The maximum absolute atomic E-state index is 12.9. The summed E-state index contributed by atoms with van der Waals surface area (Å²) in [6.07, 6.45) is 0. The fraction of sp³-hybridized carbons (Fsp3) is 0.231. The molecular formula is C13H14FNO3S2. The molecule has 1 aromatic heterocycles. The molecule has 0 unspecified atom stereocenters. The second-order valence-electron chi connectivity index (χ2n) is 4.24. The van der Waals surface area contributed by atoms with Gasteiger partial charge in [0, 0.05) is 16.8 Å². The summed E-state index contributed by atoms with van der Waals surface area (Å²) in [5, 5.41) is 9.09. The molecule has 2 aromatic rings. The van der Waals surface area contributed by atoms with Crippen LogP contribution in [0.2, 0.25) is 0 Å². The second-order valence-corrected chi connectivity index (χ2v) is 7.52. The molecule has 0 radical (unpaired) electrons. The molecular weight excluding hydrogens is 301 g/mol. The summed E-state index contributed by atoms with van der Waals surface area (Å²) in [6.45, 7) is 1.50. The predicted octanol–water partition coefficient (Wildman–Crippen LogP) is 2.51. The largest absolute Gasteiger partial charge is 0.391 e. The predicted molar refractivity (Wildman–Crippen MR) is 77.0 cm³/mol. The summed E-state index contributed by atoms with van der Waals surface area (Å²) in [6, 6.07) is 6.69. The number of benzene rings is 1. The van der Waals surface area contributed by atoms with Gasteiger partial charge in [-0.25, -0.2) is 12.8 Å². The number of aliphatic hydroxyl groups excluding tert-OH is 1. The number of rotatable bonds is 4. The van der Waals surface area contributed by atoms with Crippen molar-refractivity contribution >= 4 is 27.0 Å². The van der Waals surface area contributed by atoms with Gasteiger partial charge in [-0.3, -0.25) is 4.31 Å². The van der Waals surface area contributed by atoms with Gasteiger partial charge in [0.15, 0.2) is 0 Å². The van der Waals surface area contributed by atoms with Crippen LogP contribution in [-0.2, 0) is 16.6 Å². The van der Waals surface area contributed by atoms with Gasteiger partial charge in [-0.05, 0) is 37.3 Å². The molecule has 0 aliphatic rings. The van der Waals surface area contributed by atoms with E-state index in [2.05, 4.69) is 0 Å². The Labute approximate surface area is 121 Å². The molecule has 4 nitrogen and oxygen atoms in total. The molecule has 1 heterocycles. The Bertz CT molecular complexity index is 708. The van der Waals surface area contributed by atoms with Crippen molar-refractivity contribution in [2.45, 2.75) is 18.4 Å². The minimum atomic E-state index is -3.71. The van der Waals surface area contributed by atoms with E-state index >= 15 is 0 Å². The van der Waals surface area contributed by atoms with E-state index in [1.54, 1.807) is 6.92 Å². The van der Waals surface area contributed by atoms with Crippen LogP contribution in [-0.4, -0.2) is 20.6 Å². The van der Waals surface area contributed by atoms with Gasteiger partial charge in [0.25, 0.3) is 10.0 Å². The molecule has 0 aliphatic heterocycles. The Kier molecular flexibility index (Phi) is 4.12. The number of anilines is 1. The van der Waals surface area contributed by atoms with E-state index in [-0.39, 0.29) is 11.5 Å². The van der Waals surface area contributed by atoms with Crippen LogP contribution in [0.15, 0.2) is 35.2 Å². The lowest BCUT2D eigenvalue weighted by Crippen LogP contribution is -2.26. The van der Waals surface area contributed by atoms with Crippen molar-refractivity contribution in [1.29, 1.82) is 0 Å². The molecule has 20 heavy (non-hydrogen) atoms. The van der Waals surface area contributed by atoms with Crippen LogP contribution in [0.25, 0.3) is 0 Å². The number of sulfonamides is 1. The van der Waals surface area contributed by atoms with Gasteiger partial charge in [0.05, 0.1) is 12.3 Å². The van der Waals surface area contributed by atoms with E-state index in [1.165, 1.54) is 48.7 Å². The highest BCUT2D eigenvalue weighted by Crippen LogP contribution is 2.30. The molecule has 0 spiro atoms. The van der Waals surface area contributed by atoms with E-state index in [0.29, 0.717) is 15.4 Å². The third-order valence-electron chi connectivity index (χ3n) is 2.91. The summed E-state index contributed by atoms with van der Waals surface area (Å²) in [4.78, 5) is 1.37. The van der Waals surface area contributed by atoms with Crippen molar-refractivity contribution in [2.24, 2.45) is 0 Å². The van der Waals surface area contributed by atoms with Crippen molar-refractivity contribution in [3.05, 3.63) is 45.9 Å². The number of halogens is 1. The summed E-state index contributed by atoms with van der Waals surface area (Å²) in [5.74, 6) is -0.422. The molecule has 2 rings (SSSR count). The minimum absolute atomic E-state index is 0.165. The standard InChI is InChI=1S/C13H14FNO3S2/c1-9-13(7-12(8-16)19-9)20(17,18)15(2)11-5-3-10(14)4-6-11/h3-7,16H,8H2,1-2H3. The number of thiophene rings is 1. The zero-order chi connectivity index (χ0) is 14.9. The van der Waals surface area contributed by atoms with Gasteiger partial charge >= 0.3 is 0 Å². The van der Waals surface area contributed by atoms with Gasteiger partial charge < -0.3 is 5.11 Å². The van der Waals surface area contributed by atoms with Crippen LogP contribution in [0.3, 0.4) is 0 Å². The maximum Gasteiger partial charge on any atom is 0.265 e. The highest BCUT2D eigenvalue weighted by atomic mass is 32.2. The summed E-state index contributed by atoms with van der Waals surface area (Å²) in [5.41, 5.74) is 0.377. The van der Waals surface area contributed by atoms with Crippen molar-refractivity contribution in [3.8, 4) is 0 Å². The van der Waals surface area contributed by atoms with Crippen LogP contribution >= 0.6 is 11.3 Å². The molecule has 0 atom stereocenters. The fourth-order valence-corrected chi connectivity index (χ4v) is 4.45. The third kappa shape index (κ3) is 2.70. The smallest absolute Gasteiger partial charge is 0.265 e. The van der Waals surface area contributed by atoms with Crippen LogP contribution in [0, 0.1) is 12.7 Å². The Morgan fingerprint density at radius 3 is 2.40 bits per heavy atom. The van der Waals surface area contributed by atoms with Crippen LogP contribution < -0.4 is 4.31 Å². The van der Waals surface area contributed by atoms with Gasteiger partial charge in [0.2, 0.25) is 0 Å². The van der Waals surface area contributed by atoms with E-state index < -0.39 is 15.8 Å². The van der Waals surface area contributed by atoms with E-state index in [0.717, 1.165) is 4.31 Å². The lowest BCUT2D eigenvalue weighted by molar-refractivity contribution is 0.285. The Hall–Kier alpha value is -1.44. The van der Waals surface area contributed by atoms with Gasteiger partial charge in [0.1, 0.15) is 10.7 Å².